The highest BCUT2D eigenvalue weighted by Crippen LogP contribution is 2.13. The predicted molar refractivity (Wildman–Crippen MR) is 88.0 cm³/mol. The van der Waals surface area contributed by atoms with Crippen molar-refractivity contribution in [3.63, 3.8) is 0 Å². The predicted octanol–water partition coefficient (Wildman–Crippen LogP) is 2.26. The lowest BCUT2D eigenvalue weighted by molar-refractivity contribution is -0.131. The molecule has 24 heavy (non-hydrogen) atoms. The third kappa shape index (κ3) is 4.64. The summed E-state index contributed by atoms with van der Waals surface area (Å²) in [6.07, 6.45) is 1.37. The van der Waals surface area contributed by atoms with Gasteiger partial charge < -0.3 is 10.4 Å². The number of nitrogens with one attached hydrogen (secondary N) is 2. The summed E-state index contributed by atoms with van der Waals surface area (Å²) < 4.78 is 13.5. The second-order valence-electron chi connectivity index (χ2n) is 5.02. The van der Waals surface area contributed by atoms with Gasteiger partial charge >= 0.3 is 0 Å². The standard InChI is InChI=1S/C17H16FN3O3/c1-11(16(23)20-15-5-3-2-4-14(15)18)17(24)21-19-10-12-6-8-13(22)9-7-12/h2-11,22H,1H3,(H,20,23)(H,21,24)/b19-10+. The topological polar surface area (TPSA) is 90.8 Å². The molecule has 3 N–H and O–H groups in total. The van der Waals surface area contributed by atoms with Crippen LogP contribution in [0, 0.1) is 11.7 Å². The molecule has 0 aromatic heterocycles. The third-order valence-corrected chi connectivity index (χ3v) is 3.20. The van der Waals surface area contributed by atoms with Crippen molar-refractivity contribution < 1.29 is 19.1 Å². The Kier molecular flexibility index (Phi) is 5.62. The highest BCUT2D eigenvalue weighted by Gasteiger charge is 2.21. The number of aromatic hydroxyl groups is 1. The highest BCUT2D eigenvalue weighted by atomic mass is 19.1. The second-order valence-corrected chi connectivity index (χ2v) is 5.02. The number of carbonyl (C=O) groups is 2. The molecule has 2 amide bonds. The van der Waals surface area contributed by atoms with Gasteiger partial charge in [0.05, 0.1) is 11.9 Å². The first-order chi connectivity index (χ1) is 11.5. The van der Waals surface area contributed by atoms with Crippen LogP contribution in [0.1, 0.15) is 12.5 Å². The molecule has 0 bridgehead atoms. The first-order valence-electron chi connectivity index (χ1n) is 7.14. The maximum atomic E-state index is 13.5. The van der Waals surface area contributed by atoms with Crippen LogP contribution in [-0.4, -0.2) is 23.1 Å². The van der Waals surface area contributed by atoms with Gasteiger partial charge in [-0.15, -0.1) is 0 Å². The number of hydrogen-bond donors (Lipinski definition) is 3. The van der Waals surface area contributed by atoms with Crippen LogP contribution in [0.3, 0.4) is 0 Å². The number of amides is 2. The number of nitrogens with zero attached hydrogens (tertiary/aromatic N) is 1. The molecule has 6 nitrogen and oxygen atoms in total. The molecule has 0 saturated carbocycles. The lowest BCUT2D eigenvalue weighted by Gasteiger charge is -2.11. The van der Waals surface area contributed by atoms with Crippen LogP contribution in [-0.2, 0) is 9.59 Å². The molecule has 0 spiro atoms. The van der Waals surface area contributed by atoms with Crippen LogP contribution in [0.2, 0.25) is 0 Å². The molecule has 0 aliphatic carbocycles. The van der Waals surface area contributed by atoms with E-state index in [9.17, 15) is 14.0 Å². The minimum Gasteiger partial charge on any atom is -0.508 e. The molecule has 124 valence electrons. The lowest BCUT2D eigenvalue weighted by atomic mass is 10.1. The van der Waals surface area contributed by atoms with E-state index in [-0.39, 0.29) is 11.4 Å². The number of halogens is 1. The zero-order chi connectivity index (χ0) is 17.5. The van der Waals surface area contributed by atoms with Crippen LogP contribution < -0.4 is 10.7 Å². The van der Waals surface area contributed by atoms with Crippen LogP contribution in [0.5, 0.6) is 5.75 Å². The third-order valence-electron chi connectivity index (χ3n) is 3.20. The molecular weight excluding hydrogens is 313 g/mol. The number of phenols is 1. The van der Waals surface area contributed by atoms with Gasteiger partial charge in [0.25, 0.3) is 5.91 Å². The molecule has 2 aromatic carbocycles. The summed E-state index contributed by atoms with van der Waals surface area (Å²) in [7, 11) is 0. The van der Waals surface area contributed by atoms with Crippen molar-refractivity contribution in [2.75, 3.05) is 5.32 Å². The van der Waals surface area contributed by atoms with E-state index >= 15 is 0 Å². The quantitative estimate of drug-likeness (QED) is 0.446. The number of hydrazone groups is 1. The van der Waals surface area contributed by atoms with Gasteiger partial charge in [0.1, 0.15) is 17.5 Å². The zero-order valence-electron chi connectivity index (χ0n) is 12.9. The summed E-state index contributed by atoms with van der Waals surface area (Å²) in [5, 5.41) is 15.2. The van der Waals surface area contributed by atoms with Gasteiger partial charge in [0, 0.05) is 0 Å². The van der Waals surface area contributed by atoms with E-state index < -0.39 is 23.5 Å². The Morgan fingerprint density at radius 3 is 2.46 bits per heavy atom. The molecular formula is C17H16FN3O3. The van der Waals surface area contributed by atoms with Crippen molar-refractivity contribution >= 4 is 23.7 Å². The Morgan fingerprint density at radius 1 is 1.12 bits per heavy atom. The Bertz CT molecular complexity index is 760. The fourth-order valence-corrected chi connectivity index (χ4v) is 1.75. The molecule has 2 rings (SSSR count). The monoisotopic (exact) mass is 329 g/mol. The van der Waals surface area contributed by atoms with Crippen LogP contribution in [0.25, 0.3) is 0 Å². The fraction of sp³-hybridized carbons (Fsp3) is 0.118. The zero-order valence-corrected chi connectivity index (χ0v) is 12.9. The highest BCUT2D eigenvalue weighted by molar-refractivity contribution is 6.06. The molecule has 0 saturated heterocycles. The van der Waals surface area contributed by atoms with Gasteiger partial charge in [-0.25, -0.2) is 9.82 Å². The first kappa shape index (κ1) is 17.1. The minimum absolute atomic E-state index is 0.00902. The normalized spacial score (nSPS) is 11.9. The van der Waals surface area contributed by atoms with Crippen molar-refractivity contribution in [3.8, 4) is 5.75 Å². The molecule has 1 unspecified atom stereocenters. The Hall–Kier alpha value is -3.22. The summed E-state index contributed by atoms with van der Waals surface area (Å²) in [5.41, 5.74) is 2.91. The number of para-hydroxylation sites is 1. The van der Waals surface area contributed by atoms with Crippen molar-refractivity contribution in [1.29, 1.82) is 0 Å². The lowest BCUT2D eigenvalue weighted by Crippen LogP contribution is -2.34. The summed E-state index contributed by atoms with van der Waals surface area (Å²) >= 11 is 0. The summed E-state index contributed by atoms with van der Waals surface area (Å²) in [4.78, 5) is 23.8. The van der Waals surface area contributed by atoms with Gasteiger partial charge in [0.2, 0.25) is 5.91 Å². The van der Waals surface area contributed by atoms with Gasteiger partial charge in [-0.1, -0.05) is 12.1 Å². The van der Waals surface area contributed by atoms with Crippen molar-refractivity contribution in [3.05, 3.63) is 59.9 Å². The van der Waals surface area contributed by atoms with Crippen LogP contribution >= 0.6 is 0 Å². The van der Waals surface area contributed by atoms with Crippen LogP contribution in [0.15, 0.2) is 53.6 Å². The Morgan fingerprint density at radius 2 is 1.79 bits per heavy atom. The molecule has 0 aliphatic heterocycles. The summed E-state index contributed by atoms with van der Waals surface area (Å²) in [6, 6.07) is 11.9. The van der Waals surface area contributed by atoms with Gasteiger partial charge in [-0.3, -0.25) is 9.59 Å². The molecule has 0 aliphatic rings. The maximum Gasteiger partial charge on any atom is 0.252 e. The maximum absolute atomic E-state index is 13.5. The first-order valence-corrected chi connectivity index (χ1v) is 7.14. The second kappa shape index (κ2) is 7.87. The van der Waals surface area contributed by atoms with E-state index in [1.165, 1.54) is 43.5 Å². The number of phenolic OH excluding ortho intramolecular Hbond substituents is 1. The van der Waals surface area contributed by atoms with E-state index in [1.54, 1.807) is 18.2 Å². The molecule has 0 fully saturated rings. The van der Waals surface area contributed by atoms with E-state index in [0.717, 1.165) is 0 Å². The van der Waals surface area contributed by atoms with E-state index in [1.807, 2.05) is 0 Å². The molecule has 1 atom stereocenters. The average molecular weight is 329 g/mol. The number of hydrogen-bond acceptors (Lipinski definition) is 4. The summed E-state index contributed by atoms with van der Waals surface area (Å²) in [5.74, 6) is -2.78. The minimum atomic E-state index is -1.05. The average Bonchev–Trinajstić information content (AvgIpc) is 2.58. The SMILES string of the molecule is CC(C(=O)N/N=C/c1ccc(O)cc1)C(=O)Nc1ccccc1F. The van der Waals surface area contributed by atoms with Gasteiger partial charge in [0.15, 0.2) is 0 Å². The molecule has 0 radical (unpaired) electrons. The Labute approximate surface area is 138 Å². The largest absolute Gasteiger partial charge is 0.508 e. The van der Waals surface area contributed by atoms with Gasteiger partial charge in [-0.2, -0.15) is 5.10 Å². The number of benzene rings is 2. The van der Waals surface area contributed by atoms with E-state index in [0.29, 0.717) is 5.56 Å². The van der Waals surface area contributed by atoms with Crippen LogP contribution in [0.4, 0.5) is 10.1 Å². The van der Waals surface area contributed by atoms with Crippen molar-refractivity contribution in [1.82, 2.24) is 5.43 Å². The van der Waals surface area contributed by atoms with Gasteiger partial charge in [-0.05, 0) is 48.9 Å². The number of rotatable bonds is 5. The van der Waals surface area contributed by atoms with Crippen molar-refractivity contribution in [2.45, 2.75) is 6.92 Å². The Balaban J connectivity index is 1.90. The summed E-state index contributed by atoms with van der Waals surface area (Å²) in [6.45, 7) is 1.39. The number of anilines is 1. The van der Waals surface area contributed by atoms with E-state index in [2.05, 4.69) is 15.8 Å². The van der Waals surface area contributed by atoms with E-state index in [4.69, 9.17) is 5.11 Å². The fourth-order valence-electron chi connectivity index (χ4n) is 1.75. The van der Waals surface area contributed by atoms with Crippen molar-refractivity contribution in [2.24, 2.45) is 11.0 Å². The molecule has 0 heterocycles. The number of carbonyl (C=O) groups excluding carboxylic acids is 2. The molecule has 7 heteroatoms. The smallest absolute Gasteiger partial charge is 0.252 e. The molecule has 2 aromatic rings.